The van der Waals surface area contributed by atoms with E-state index in [9.17, 15) is 36.3 Å². The van der Waals surface area contributed by atoms with Gasteiger partial charge in [0.2, 0.25) is 10.0 Å². The molecule has 288 valence electrons. The summed E-state index contributed by atoms with van der Waals surface area (Å²) in [4.78, 5) is 35.3. The lowest BCUT2D eigenvalue weighted by Crippen LogP contribution is -2.53. The third kappa shape index (κ3) is 9.12. The van der Waals surface area contributed by atoms with E-state index in [-0.39, 0.29) is 58.0 Å². The van der Waals surface area contributed by atoms with E-state index in [1.54, 1.807) is 11.0 Å². The topological polar surface area (TPSA) is 129 Å². The number of halogens is 3. The van der Waals surface area contributed by atoms with Crippen LogP contribution in [0.25, 0.3) is 0 Å². The van der Waals surface area contributed by atoms with Gasteiger partial charge < -0.3 is 20.1 Å². The SMILES string of the molecule is Cc1csc(C2CCCN2C(=O)c2cc(C(=O)[N+]3(C(Cc4ccccc4)C(O)CNCc4cccc(OC(F)(F)F)c4)CC3)cc(N(C)S(C)(=O)=O)c2)n1. The van der Waals surface area contributed by atoms with Crippen LogP contribution in [0.1, 0.15) is 61.4 Å². The summed E-state index contributed by atoms with van der Waals surface area (Å²) in [7, 11) is -2.41. The molecule has 1 aromatic heterocycles. The Morgan fingerprint density at radius 3 is 2.43 bits per heavy atom. The molecule has 3 atom stereocenters. The van der Waals surface area contributed by atoms with Crippen molar-refractivity contribution in [2.45, 2.75) is 57.3 Å². The second-order valence-corrected chi connectivity index (χ2v) is 16.8. The maximum Gasteiger partial charge on any atom is 0.573 e. The number of likely N-dealkylation sites (tertiary alicyclic amines) is 1. The normalized spacial score (nSPS) is 17.9. The Bertz CT molecular complexity index is 2090. The van der Waals surface area contributed by atoms with Gasteiger partial charge in [-0.1, -0.05) is 42.5 Å². The molecule has 2 fully saturated rings. The largest absolute Gasteiger partial charge is 0.573 e. The van der Waals surface area contributed by atoms with Crippen LogP contribution >= 0.6 is 11.3 Å². The fourth-order valence-corrected chi connectivity index (χ4v) is 8.52. The van der Waals surface area contributed by atoms with Crippen LogP contribution in [0.2, 0.25) is 0 Å². The van der Waals surface area contributed by atoms with E-state index in [1.165, 1.54) is 54.8 Å². The third-order valence-electron chi connectivity index (χ3n) is 10.00. The van der Waals surface area contributed by atoms with Crippen LogP contribution in [0, 0.1) is 6.92 Å². The van der Waals surface area contributed by atoms with Crippen molar-refractivity contribution < 1.29 is 45.5 Å². The summed E-state index contributed by atoms with van der Waals surface area (Å²) in [5.41, 5.74) is 2.72. The number of nitrogens with zero attached hydrogens (tertiary/aromatic N) is 4. The molecule has 0 spiro atoms. The van der Waals surface area contributed by atoms with Gasteiger partial charge in [-0.3, -0.25) is 9.10 Å². The third-order valence-corrected chi connectivity index (χ3v) is 12.3. The lowest BCUT2D eigenvalue weighted by molar-refractivity contribution is -0.748. The molecule has 0 saturated carbocycles. The highest BCUT2D eigenvalue weighted by Crippen LogP contribution is 2.38. The van der Waals surface area contributed by atoms with E-state index < -0.39 is 28.5 Å². The first-order valence-electron chi connectivity index (χ1n) is 17.5. The van der Waals surface area contributed by atoms with Crippen LogP contribution in [0.5, 0.6) is 5.75 Å². The number of thiazole rings is 1. The van der Waals surface area contributed by atoms with Crippen molar-refractivity contribution in [2.75, 3.05) is 43.8 Å². The minimum atomic E-state index is -4.83. The molecule has 3 aromatic carbocycles. The van der Waals surface area contributed by atoms with E-state index >= 15 is 0 Å². The molecule has 0 aliphatic carbocycles. The second kappa shape index (κ2) is 15.8. The van der Waals surface area contributed by atoms with Gasteiger partial charge in [-0.05, 0) is 61.2 Å². The number of carbonyl (C=O) groups is 2. The zero-order chi connectivity index (χ0) is 38.8. The Morgan fingerprint density at radius 1 is 1.07 bits per heavy atom. The monoisotopic (exact) mass is 786 g/mol. The fourth-order valence-electron chi connectivity index (χ4n) is 7.09. The number of aryl methyl sites for hydroxylation is 1. The van der Waals surface area contributed by atoms with Crippen LogP contribution in [-0.4, -0.2) is 97.7 Å². The smallest absolute Gasteiger partial charge is 0.406 e. The first kappa shape index (κ1) is 39.3. The summed E-state index contributed by atoms with van der Waals surface area (Å²) in [6, 6.07) is 18.5. The minimum Gasteiger partial charge on any atom is -0.406 e. The van der Waals surface area contributed by atoms with E-state index in [0.717, 1.165) is 39.7 Å². The first-order chi connectivity index (χ1) is 25.5. The Labute approximate surface area is 316 Å². The van der Waals surface area contributed by atoms with Gasteiger partial charge in [-0.15, -0.1) is 24.5 Å². The van der Waals surface area contributed by atoms with Gasteiger partial charge in [0.05, 0.1) is 23.5 Å². The molecule has 16 heteroatoms. The van der Waals surface area contributed by atoms with Crippen molar-refractivity contribution in [1.29, 1.82) is 0 Å². The Morgan fingerprint density at radius 2 is 1.78 bits per heavy atom. The number of nitrogens with one attached hydrogen (secondary N) is 1. The number of amides is 2. The summed E-state index contributed by atoms with van der Waals surface area (Å²) < 4.78 is 68.7. The van der Waals surface area contributed by atoms with Crippen LogP contribution in [0.15, 0.2) is 78.2 Å². The number of hydrogen-bond acceptors (Lipinski definition) is 9. The Balaban J connectivity index is 1.29. The minimum absolute atomic E-state index is 0.0162. The molecule has 2 saturated heterocycles. The molecule has 6 rings (SSSR count). The Kier molecular flexibility index (Phi) is 11.5. The highest BCUT2D eigenvalue weighted by Gasteiger charge is 2.58. The molecule has 2 amide bonds. The van der Waals surface area contributed by atoms with Gasteiger partial charge >= 0.3 is 12.3 Å². The number of rotatable bonds is 14. The van der Waals surface area contributed by atoms with E-state index in [0.29, 0.717) is 31.6 Å². The lowest BCUT2D eigenvalue weighted by Gasteiger charge is -2.31. The highest BCUT2D eigenvalue weighted by atomic mass is 32.2. The average Bonchev–Trinajstić information content (AvgIpc) is 3.56. The molecule has 4 aromatic rings. The molecule has 3 unspecified atom stereocenters. The van der Waals surface area contributed by atoms with Gasteiger partial charge in [-0.25, -0.2) is 22.7 Å². The van der Waals surface area contributed by atoms with Crippen molar-refractivity contribution in [1.82, 2.24) is 15.2 Å². The molecule has 2 aliphatic rings. The molecule has 11 nitrogen and oxygen atoms in total. The number of quaternary nitrogens is 1. The second-order valence-electron chi connectivity index (χ2n) is 13.9. The number of alkyl halides is 3. The Hall–Kier alpha value is -4.35. The summed E-state index contributed by atoms with van der Waals surface area (Å²) in [5.74, 6) is -1.06. The number of ether oxygens (including phenoxy) is 1. The molecule has 2 N–H and O–H groups in total. The van der Waals surface area contributed by atoms with Gasteiger partial charge in [0.1, 0.15) is 36.0 Å². The van der Waals surface area contributed by atoms with Crippen molar-refractivity contribution in [2.24, 2.45) is 0 Å². The number of aliphatic hydroxyl groups is 1. The van der Waals surface area contributed by atoms with Crippen LogP contribution < -0.4 is 14.4 Å². The summed E-state index contributed by atoms with van der Waals surface area (Å²) >= 11 is 1.48. The maximum atomic E-state index is 14.8. The molecule has 3 heterocycles. The molecule has 54 heavy (non-hydrogen) atoms. The van der Waals surface area contributed by atoms with E-state index in [1.807, 2.05) is 42.6 Å². The summed E-state index contributed by atoms with van der Waals surface area (Å²) in [6.45, 7) is 3.32. The van der Waals surface area contributed by atoms with Gasteiger partial charge in [0.25, 0.3) is 5.91 Å². The highest BCUT2D eigenvalue weighted by molar-refractivity contribution is 7.92. The number of aromatic nitrogens is 1. The lowest BCUT2D eigenvalue weighted by atomic mass is 9.97. The zero-order valence-electron chi connectivity index (χ0n) is 30.1. The van der Waals surface area contributed by atoms with Crippen molar-refractivity contribution in [3.05, 3.63) is 111 Å². The zero-order valence-corrected chi connectivity index (χ0v) is 31.8. The quantitative estimate of drug-likeness (QED) is 0.128. The van der Waals surface area contributed by atoms with E-state index in [2.05, 4.69) is 15.0 Å². The predicted octanol–water partition coefficient (Wildman–Crippen LogP) is 5.46. The predicted molar refractivity (Wildman–Crippen MR) is 199 cm³/mol. The van der Waals surface area contributed by atoms with Gasteiger partial charge in [-0.2, -0.15) is 0 Å². The van der Waals surface area contributed by atoms with Crippen LogP contribution in [-0.2, 0) is 23.0 Å². The number of benzene rings is 3. The van der Waals surface area contributed by atoms with E-state index in [4.69, 9.17) is 0 Å². The average molecular weight is 787 g/mol. The molecule has 0 radical (unpaired) electrons. The fraction of sp³-hybridized carbons (Fsp3) is 0.395. The summed E-state index contributed by atoms with van der Waals surface area (Å²) in [5, 5.41) is 17.6. The standard InChI is InChI=1S/C38H43F3N5O6S2/c1-25-24-53-35(43-25)32-13-8-14-45(32)36(48)28-19-29(21-30(20-28)44(2)54(3,50)51)37(49)46(15-16-46)33(18-26-9-5-4-6-10-26)34(47)23-42-22-27-11-7-12-31(17-27)52-38(39,40)41/h4-7,9-12,17,19-21,24,32-34,42,47H,8,13-16,18,22-23H2,1-3H3/q+1. The van der Waals surface area contributed by atoms with Crippen LogP contribution in [0.4, 0.5) is 18.9 Å². The molecule has 0 bridgehead atoms. The maximum absolute atomic E-state index is 14.8. The number of anilines is 1. The molecule has 2 aliphatic heterocycles. The molecular weight excluding hydrogens is 744 g/mol. The van der Waals surface area contributed by atoms with Crippen molar-refractivity contribution in [3.8, 4) is 5.75 Å². The van der Waals surface area contributed by atoms with Gasteiger partial charge in [0, 0.05) is 49.7 Å². The first-order valence-corrected chi connectivity index (χ1v) is 20.3. The molecular formula is C38H43F3N5O6S2+. The number of carbonyl (C=O) groups excluding carboxylic acids is 2. The number of aliphatic hydroxyl groups excluding tert-OH is 1. The van der Waals surface area contributed by atoms with Crippen molar-refractivity contribution in [3.63, 3.8) is 0 Å². The van der Waals surface area contributed by atoms with Crippen molar-refractivity contribution >= 4 is 38.9 Å². The van der Waals surface area contributed by atoms with Crippen LogP contribution in [0.3, 0.4) is 0 Å². The number of hydrogen-bond donors (Lipinski definition) is 2. The van der Waals surface area contributed by atoms with Gasteiger partial charge in [0.15, 0.2) is 0 Å². The number of sulfonamides is 1. The summed E-state index contributed by atoms with van der Waals surface area (Å²) in [6.07, 6.45) is -3.05.